The van der Waals surface area contributed by atoms with Crippen LogP contribution in [-0.4, -0.2) is 11.9 Å². The minimum atomic E-state index is -0.507. The van der Waals surface area contributed by atoms with Gasteiger partial charge in [-0.2, -0.15) is 0 Å². The van der Waals surface area contributed by atoms with Crippen LogP contribution in [0.4, 0.5) is 10.5 Å². The molecule has 3 amide bonds. The van der Waals surface area contributed by atoms with Crippen molar-refractivity contribution >= 4 is 39.6 Å². The molecule has 5 nitrogen and oxygen atoms in total. The van der Waals surface area contributed by atoms with E-state index in [1.165, 1.54) is 0 Å². The van der Waals surface area contributed by atoms with Crippen LogP contribution in [0.5, 0.6) is 0 Å². The van der Waals surface area contributed by atoms with Gasteiger partial charge < -0.3 is 16.4 Å². The molecule has 0 fully saturated rings. The van der Waals surface area contributed by atoms with Crippen molar-refractivity contribution in [2.45, 2.75) is 0 Å². The molecule has 112 valence electrons. The van der Waals surface area contributed by atoms with Crippen LogP contribution in [0.3, 0.4) is 0 Å². The van der Waals surface area contributed by atoms with Gasteiger partial charge in [-0.05, 0) is 42.0 Å². The molecular formula is C16H14BrN3O2. The summed E-state index contributed by atoms with van der Waals surface area (Å²) in [6.45, 7) is 0. The third-order valence-corrected chi connectivity index (χ3v) is 3.53. The number of carbonyl (C=O) groups is 2. The fourth-order valence-corrected chi connectivity index (χ4v) is 2.12. The second kappa shape index (κ2) is 7.42. The fourth-order valence-electron chi connectivity index (χ4n) is 1.70. The molecule has 2 aromatic carbocycles. The van der Waals surface area contributed by atoms with E-state index in [0.717, 1.165) is 10.0 Å². The van der Waals surface area contributed by atoms with Crippen LogP contribution >= 0.6 is 15.9 Å². The number of anilines is 1. The topological polar surface area (TPSA) is 84.2 Å². The molecule has 0 heterocycles. The highest BCUT2D eigenvalue weighted by atomic mass is 79.9. The van der Waals surface area contributed by atoms with Crippen LogP contribution in [-0.2, 0) is 0 Å². The monoisotopic (exact) mass is 359 g/mol. The Bertz CT molecular complexity index is 712. The van der Waals surface area contributed by atoms with Gasteiger partial charge in [0.15, 0.2) is 0 Å². The molecule has 0 spiro atoms. The van der Waals surface area contributed by atoms with E-state index < -0.39 is 5.91 Å². The Balaban J connectivity index is 1.90. The first kappa shape index (κ1) is 15.8. The first-order chi connectivity index (χ1) is 10.6. The van der Waals surface area contributed by atoms with E-state index in [-0.39, 0.29) is 6.03 Å². The normalized spacial score (nSPS) is 10.4. The number of hydrogen-bond donors (Lipinski definition) is 3. The third-order valence-electron chi connectivity index (χ3n) is 2.81. The number of rotatable bonds is 4. The molecule has 0 atom stereocenters. The van der Waals surface area contributed by atoms with Gasteiger partial charge in [0.2, 0.25) is 5.91 Å². The molecule has 0 radical (unpaired) electrons. The highest BCUT2D eigenvalue weighted by Gasteiger charge is 2.02. The van der Waals surface area contributed by atoms with Crippen LogP contribution < -0.4 is 16.4 Å². The predicted molar refractivity (Wildman–Crippen MR) is 90.3 cm³/mol. The van der Waals surface area contributed by atoms with Crippen molar-refractivity contribution in [3.05, 3.63) is 70.3 Å². The molecule has 0 unspecified atom stereocenters. The standard InChI is InChI=1S/C16H14BrN3O2/c17-14-4-2-1-3-11(14)9-10-19-16(22)20-13-7-5-12(6-8-13)15(18)21/h1-10H,(H2,18,21)(H2,19,20,22)/b10-9+. The van der Waals surface area contributed by atoms with Crippen LogP contribution in [0.15, 0.2) is 59.2 Å². The first-order valence-electron chi connectivity index (χ1n) is 6.45. The van der Waals surface area contributed by atoms with E-state index in [0.29, 0.717) is 11.3 Å². The molecule has 4 N–H and O–H groups in total. The third kappa shape index (κ3) is 4.46. The van der Waals surface area contributed by atoms with E-state index in [4.69, 9.17) is 5.73 Å². The second-order valence-corrected chi connectivity index (χ2v) is 5.25. The van der Waals surface area contributed by atoms with Gasteiger partial charge in [-0.1, -0.05) is 34.1 Å². The molecule has 0 aliphatic carbocycles. The highest BCUT2D eigenvalue weighted by Crippen LogP contribution is 2.16. The number of halogens is 1. The number of amides is 3. The summed E-state index contributed by atoms with van der Waals surface area (Å²) in [5.41, 5.74) is 7.05. The molecule has 0 saturated carbocycles. The van der Waals surface area contributed by atoms with Crippen molar-refractivity contribution in [3.8, 4) is 0 Å². The Hall–Kier alpha value is -2.60. The van der Waals surface area contributed by atoms with Gasteiger partial charge in [0.1, 0.15) is 0 Å². The lowest BCUT2D eigenvalue weighted by Crippen LogP contribution is -2.23. The maximum atomic E-state index is 11.7. The summed E-state index contributed by atoms with van der Waals surface area (Å²) >= 11 is 3.42. The maximum Gasteiger partial charge on any atom is 0.323 e. The van der Waals surface area contributed by atoms with Gasteiger partial charge in [-0.3, -0.25) is 4.79 Å². The maximum absolute atomic E-state index is 11.7. The van der Waals surface area contributed by atoms with Gasteiger partial charge in [-0.25, -0.2) is 4.79 Å². The SMILES string of the molecule is NC(=O)c1ccc(NC(=O)N/C=C/c2ccccc2Br)cc1. The van der Waals surface area contributed by atoms with E-state index in [1.807, 2.05) is 24.3 Å². The van der Waals surface area contributed by atoms with Crippen molar-refractivity contribution in [3.63, 3.8) is 0 Å². The van der Waals surface area contributed by atoms with Crippen molar-refractivity contribution in [2.24, 2.45) is 5.73 Å². The van der Waals surface area contributed by atoms with E-state index >= 15 is 0 Å². The molecular weight excluding hydrogens is 346 g/mol. The summed E-state index contributed by atoms with van der Waals surface area (Å²) < 4.78 is 0.940. The molecule has 0 bridgehead atoms. The average Bonchev–Trinajstić information content (AvgIpc) is 2.50. The quantitative estimate of drug-likeness (QED) is 0.781. The summed E-state index contributed by atoms with van der Waals surface area (Å²) in [7, 11) is 0. The Labute approximate surface area is 136 Å². The molecule has 6 heteroatoms. The van der Waals surface area contributed by atoms with Crippen molar-refractivity contribution < 1.29 is 9.59 Å². The number of carbonyl (C=O) groups excluding carboxylic acids is 2. The zero-order chi connectivity index (χ0) is 15.9. The van der Waals surface area contributed by atoms with Gasteiger partial charge in [0.05, 0.1) is 0 Å². The molecule has 0 aliphatic heterocycles. The zero-order valence-corrected chi connectivity index (χ0v) is 13.1. The lowest BCUT2D eigenvalue weighted by atomic mass is 10.2. The Kier molecular flexibility index (Phi) is 5.32. The van der Waals surface area contributed by atoms with Crippen molar-refractivity contribution in [1.29, 1.82) is 0 Å². The molecule has 0 saturated heterocycles. The zero-order valence-electron chi connectivity index (χ0n) is 11.5. The number of primary amides is 1. The second-order valence-electron chi connectivity index (χ2n) is 4.39. The minimum absolute atomic E-state index is 0.380. The highest BCUT2D eigenvalue weighted by molar-refractivity contribution is 9.10. The number of nitrogens with one attached hydrogen (secondary N) is 2. The lowest BCUT2D eigenvalue weighted by molar-refractivity contribution is 0.100. The van der Waals surface area contributed by atoms with Crippen molar-refractivity contribution in [1.82, 2.24) is 5.32 Å². The van der Waals surface area contributed by atoms with Gasteiger partial charge in [0.25, 0.3) is 0 Å². The van der Waals surface area contributed by atoms with Gasteiger partial charge in [0, 0.05) is 21.9 Å². The van der Waals surface area contributed by atoms with E-state index in [9.17, 15) is 9.59 Å². The lowest BCUT2D eigenvalue weighted by Gasteiger charge is -2.05. The van der Waals surface area contributed by atoms with Crippen LogP contribution in [0.25, 0.3) is 6.08 Å². The molecule has 0 aliphatic rings. The van der Waals surface area contributed by atoms with Crippen LogP contribution in [0, 0.1) is 0 Å². The van der Waals surface area contributed by atoms with Crippen molar-refractivity contribution in [2.75, 3.05) is 5.32 Å². The first-order valence-corrected chi connectivity index (χ1v) is 7.24. The number of hydrogen-bond acceptors (Lipinski definition) is 2. The average molecular weight is 360 g/mol. The molecule has 22 heavy (non-hydrogen) atoms. The molecule has 2 aromatic rings. The summed E-state index contributed by atoms with van der Waals surface area (Å²) in [6.07, 6.45) is 3.33. The molecule has 2 rings (SSSR count). The Morgan fingerprint density at radius 2 is 1.73 bits per heavy atom. The van der Waals surface area contributed by atoms with Gasteiger partial charge in [-0.15, -0.1) is 0 Å². The summed E-state index contributed by atoms with van der Waals surface area (Å²) in [6, 6.07) is 13.6. The predicted octanol–water partition coefficient (Wildman–Crippen LogP) is 3.34. The van der Waals surface area contributed by atoms with E-state index in [2.05, 4.69) is 26.6 Å². The van der Waals surface area contributed by atoms with Crippen LogP contribution in [0.2, 0.25) is 0 Å². The largest absolute Gasteiger partial charge is 0.366 e. The molecule has 0 aromatic heterocycles. The van der Waals surface area contributed by atoms with E-state index in [1.54, 1.807) is 36.5 Å². The smallest absolute Gasteiger partial charge is 0.323 e. The number of nitrogens with two attached hydrogens (primary N) is 1. The van der Waals surface area contributed by atoms with Gasteiger partial charge >= 0.3 is 6.03 Å². The summed E-state index contributed by atoms with van der Waals surface area (Å²) in [4.78, 5) is 22.7. The summed E-state index contributed by atoms with van der Waals surface area (Å²) in [5.74, 6) is -0.507. The van der Waals surface area contributed by atoms with Crippen LogP contribution in [0.1, 0.15) is 15.9 Å². The number of urea groups is 1. The number of benzene rings is 2. The minimum Gasteiger partial charge on any atom is -0.366 e. The fraction of sp³-hybridized carbons (Fsp3) is 0. The Morgan fingerprint density at radius 3 is 2.36 bits per heavy atom. The Morgan fingerprint density at radius 1 is 1.05 bits per heavy atom. The summed E-state index contributed by atoms with van der Waals surface area (Å²) in [5, 5.41) is 5.24.